The Hall–Kier alpha value is -2.34. The molecule has 1 aromatic rings. The number of carbonyl (C=O) groups excluding carboxylic acids is 1. The standard InChI is InChI=1S/C23H32N4O2/c1-4-26-13-19(14-26)29-23-20(17(11-24)12-25-18-6-7-18)9-10-22-21(23)8-5-15(2)27(22)16(3)28/h9-12,15,18-19,24-25H,4-8,13-14H2,1-3H3/b17-12+,24-11?/t15-/m0/s1. The maximum atomic E-state index is 12.3. The van der Waals surface area contributed by atoms with Crippen LogP contribution in [0.3, 0.4) is 0 Å². The molecule has 1 amide bonds. The van der Waals surface area contributed by atoms with E-state index in [1.165, 1.54) is 19.1 Å². The highest BCUT2D eigenvalue weighted by molar-refractivity contribution is 6.10. The lowest BCUT2D eigenvalue weighted by Crippen LogP contribution is -2.53. The molecule has 29 heavy (non-hydrogen) atoms. The normalized spacial score (nSPS) is 22.7. The number of carbonyl (C=O) groups is 1. The quantitative estimate of drug-likeness (QED) is 0.695. The summed E-state index contributed by atoms with van der Waals surface area (Å²) < 4.78 is 6.53. The van der Waals surface area contributed by atoms with Gasteiger partial charge in [0.1, 0.15) is 11.9 Å². The number of anilines is 1. The largest absolute Gasteiger partial charge is 0.487 e. The zero-order valence-corrected chi connectivity index (χ0v) is 17.7. The van der Waals surface area contributed by atoms with Gasteiger partial charge in [0, 0.05) is 61.2 Å². The van der Waals surface area contributed by atoms with E-state index in [1.807, 2.05) is 23.2 Å². The molecule has 1 atom stereocenters. The lowest BCUT2D eigenvalue weighted by Gasteiger charge is -2.41. The molecule has 4 rings (SSSR count). The first kappa shape index (κ1) is 20.0. The molecule has 3 aliphatic rings. The summed E-state index contributed by atoms with van der Waals surface area (Å²) in [6.45, 7) is 8.79. The van der Waals surface area contributed by atoms with E-state index in [4.69, 9.17) is 10.1 Å². The van der Waals surface area contributed by atoms with Crippen molar-refractivity contribution in [2.24, 2.45) is 0 Å². The van der Waals surface area contributed by atoms with E-state index in [9.17, 15) is 4.79 Å². The number of likely N-dealkylation sites (N-methyl/N-ethyl adjacent to an activating group) is 1. The molecule has 1 aliphatic carbocycles. The van der Waals surface area contributed by atoms with Gasteiger partial charge in [-0.1, -0.05) is 6.92 Å². The van der Waals surface area contributed by atoms with Gasteiger partial charge in [0.15, 0.2) is 0 Å². The van der Waals surface area contributed by atoms with E-state index >= 15 is 0 Å². The van der Waals surface area contributed by atoms with Crippen LogP contribution in [0, 0.1) is 5.41 Å². The maximum Gasteiger partial charge on any atom is 0.224 e. The summed E-state index contributed by atoms with van der Waals surface area (Å²) in [5.74, 6) is 0.921. The third-order valence-corrected chi connectivity index (χ3v) is 6.26. The Kier molecular flexibility index (Phi) is 5.63. The van der Waals surface area contributed by atoms with E-state index in [-0.39, 0.29) is 18.1 Å². The van der Waals surface area contributed by atoms with E-state index in [0.29, 0.717) is 6.04 Å². The number of nitrogens with zero attached hydrogens (tertiary/aromatic N) is 2. The van der Waals surface area contributed by atoms with Crippen LogP contribution in [0.1, 0.15) is 51.2 Å². The highest BCUT2D eigenvalue weighted by Crippen LogP contribution is 2.42. The molecule has 2 heterocycles. The van der Waals surface area contributed by atoms with Gasteiger partial charge >= 0.3 is 0 Å². The molecule has 0 bridgehead atoms. The van der Waals surface area contributed by atoms with E-state index in [1.54, 1.807) is 6.92 Å². The number of amides is 1. The molecule has 1 saturated heterocycles. The van der Waals surface area contributed by atoms with Crippen LogP contribution >= 0.6 is 0 Å². The smallest absolute Gasteiger partial charge is 0.224 e. The van der Waals surface area contributed by atoms with Gasteiger partial charge in [-0.25, -0.2) is 0 Å². The molecule has 2 N–H and O–H groups in total. The Morgan fingerprint density at radius 1 is 1.31 bits per heavy atom. The number of likely N-dealkylation sites (tertiary alicyclic amines) is 1. The Labute approximate surface area is 173 Å². The number of hydrogen-bond donors (Lipinski definition) is 2. The van der Waals surface area contributed by atoms with Crippen LogP contribution in [-0.4, -0.2) is 54.8 Å². The molecule has 6 nitrogen and oxygen atoms in total. The summed E-state index contributed by atoms with van der Waals surface area (Å²) in [5, 5.41) is 11.4. The first-order valence-corrected chi connectivity index (χ1v) is 10.8. The molecule has 2 aliphatic heterocycles. The molecule has 1 aromatic carbocycles. The maximum absolute atomic E-state index is 12.3. The van der Waals surface area contributed by atoms with Crippen LogP contribution in [0.4, 0.5) is 5.69 Å². The Morgan fingerprint density at radius 3 is 2.69 bits per heavy atom. The molecule has 2 fully saturated rings. The van der Waals surface area contributed by atoms with Crippen molar-refractivity contribution >= 4 is 23.4 Å². The molecule has 1 saturated carbocycles. The van der Waals surface area contributed by atoms with Crippen LogP contribution < -0.4 is 15.0 Å². The van der Waals surface area contributed by atoms with Crippen molar-refractivity contribution in [2.45, 2.75) is 64.6 Å². The van der Waals surface area contributed by atoms with Crippen LogP contribution in [0.15, 0.2) is 18.3 Å². The average Bonchev–Trinajstić information content (AvgIpc) is 3.49. The van der Waals surface area contributed by atoms with E-state index in [0.717, 1.165) is 60.6 Å². The zero-order valence-electron chi connectivity index (χ0n) is 17.7. The van der Waals surface area contributed by atoms with Crippen molar-refractivity contribution < 1.29 is 9.53 Å². The van der Waals surface area contributed by atoms with Gasteiger partial charge in [0.25, 0.3) is 0 Å². The number of allylic oxidation sites excluding steroid dienone is 1. The van der Waals surface area contributed by atoms with Gasteiger partial charge in [-0.15, -0.1) is 0 Å². The van der Waals surface area contributed by atoms with Gasteiger partial charge in [-0.2, -0.15) is 0 Å². The van der Waals surface area contributed by atoms with Crippen molar-refractivity contribution in [1.29, 1.82) is 5.41 Å². The van der Waals surface area contributed by atoms with E-state index < -0.39 is 0 Å². The molecule has 0 spiro atoms. The lowest BCUT2D eigenvalue weighted by atomic mass is 9.91. The number of benzene rings is 1. The fourth-order valence-electron chi connectivity index (χ4n) is 4.32. The van der Waals surface area contributed by atoms with Crippen LogP contribution in [0.5, 0.6) is 5.75 Å². The SMILES string of the molecule is CCN1CC(Oc2c(/C(C=N)=C/NC3CC3)ccc3c2CC[C@H](C)N3C(C)=O)C1. The molecule has 0 unspecified atom stereocenters. The van der Waals surface area contributed by atoms with Crippen molar-refractivity contribution in [1.82, 2.24) is 10.2 Å². The minimum absolute atomic E-state index is 0.0659. The van der Waals surface area contributed by atoms with Crippen molar-refractivity contribution in [2.75, 3.05) is 24.5 Å². The third-order valence-electron chi connectivity index (χ3n) is 6.26. The topological polar surface area (TPSA) is 68.7 Å². The second-order valence-corrected chi connectivity index (χ2v) is 8.49. The summed E-state index contributed by atoms with van der Waals surface area (Å²) in [5.41, 5.74) is 3.83. The molecular weight excluding hydrogens is 364 g/mol. The van der Waals surface area contributed by atoms with E-state index in [2.05, 4.69) is 24.1 Å². The number of hydrogen-bond acceptors (Lipinski definition) is 5. The van der Waals surface area contributed by atoms with Crippen molar-refractivity contribution in [3.05, 3.63) is 29.5 Å². The van der Waals surface area contributed by atoms with Crippen LogP contribution in [0.2, 0.25) is 0 Å². The van der Waals surface area contributed by atoms with Crippen molar-refractivity contribution in [3.8, 4) is 5.75 Å². The summed E-state index contributed by atoms with van der Waals surface area (Å²) in [6.07, 6.45) is 7.69. The van der Waals surface area contributed by atoms with Gasteiger partial charge < -0.3 is 20.4 Å². The molecule has 6 heteroatoms. The zero-order chi connectivity index (χ0) is 20.5. The molecule has 156 valence electrons. The number of rotatable bonds is 7. The lowest BCUT2D eigenvalue weighted by molar-refractivity contribution is -0.117. The first-order valence-electron chi connectivity index (χ1n) is 10.8. The van der Waals surface area contributed by atoms with Gasteiger partial charge in [-0.3, -0.25) is 9.69 Å². The van der Waals surface area contributed by atoms with Gasteiger partial charge in [0.2, 0.25) is 5.91 Å². The monoisotopic (exact) mass is 396 g/mol. The van der Waals surface area contributed by atoms with Gasteiger partial charge in [-0.05, 0) is 51.3 Å². The van der Waals surface area contributed by atoms with Crippen LogP contribution in [-0.2, 0) is 11.2 Å². The molecule has 0 radical (unpaired) electrons. The second kappa shape index (κ2) is 8.19. The fraction of sp³-hybridized carbons (Fsp3) is 0.565. The van der Waals surface area contributed by atoms with Gasteiger partial charge in [0.05, 0.1) is 5.69 Å². The Balaban J connectivity index is 1.73. The molecule has 0 aromatic heterocycles. The first-order chi connectivity index (χ1) is 14.0. The Morgan fingerprint density at radius 2 is 2.07 bits per heavy atom. The highest BCUT2D eigenvalue weighted by Gasteiger charge is 2.33. The predicted molar refractivity (Wildman–Crippen MR) is 117 cm³/mol. The van der Waals surface area contributed by atoms with Crippen LogP contribution in [0.25, 0.3) is 5.57 Å². The minimum atomic E-state index is 0.0659. The summed E-state index contributed by atoms with van der Waals surface area (Å²) in [6, 6.07) is 4.77. The minimum Gasteiger partial charge on any atom is -0.487 e. The molecular formula is C23H32N4O2. The van der Waals surface area contributed by atoms with Crippen molar-refractivity contribution in [3.63, 3.8) is 0 Å². The number of ether oxygens (including phenoxy) is 1. The predicted octanol–water partition coefficient (Wildman–Crippen LogP) is 3.20. The third kappa shape index (κ3) is 4.04. The number of fused-ring (bicyclic) bond motifs is 1. The Bertz CT molecular complexity index is 824. The summed E-state index contributed by atoms with van der Waals surface area (Å²) in [7, 11) is 0. The fourth-order valence-corrected chi connectivity index (χ4v) is 4.32. The second-order valence-electron chi connectivity index (χ2n) is 8.49. The summed E-state index contributed by atoms with van der Waals surface area (Å²) >= 11 is 0. The summed E-state index contributed by atoms with van der Waals surface area (Å²) in [4.78, 5) is 16.6. The number of nitrogens with one attached hydrogen (secondary N) is 2. The average molecular weight is 397 g/mol. The highest BCUT2D eigenvalue weighted by atomic mass is 16.5.